The lowest BCUT2D eigenvalue weighted by atomic mass is 10.2. The fourth-order valence-electron chi connectivity index (χ4n) is 1.64. The Kier molecular flexibility index (Phi) is 4.01. The summed E-state index contributed by atoms with van der Waals surface area (Å²) in [4.78, 5) is 0. The molecule has 0 aliphatic carbocycles. The summed E-state index contributed by atoms with van der Waals surface area (Å²) in [5, 5.41) is 0. The van der Waals surface area contributed by atoms with Gasteiger partial charge in [0.15, 0.2) is 5.76 Å². The molecule has 0 aliphatic heterocycles. The summed E-state index contributed by atoms with van der Waals surface area (Å²) in [7, 11) is 0. The van der Waals surface area contributed by atoms with E-state index in [1.165, 1.54) is 0 Å². The van der Waals surface area contributed by atoms with Crippen LogP contribution in [-0.2, 0) is 9.47 Å². The number of furan rings is 2. The first kappa shape index (κ1) is 12.0. The van der Waals surface area contributed by atoms with Crippen molar-refractivity contribution in [1.82, 2.24) is 0 Å². The van der Waals surface area contributed by atoms with E-state index in [9.17, 15) is 0 Å². The molecule has 0 radical (unpaired) electrons. The molecule has 2 heterocycles. The van der Waals surface area contributed by atoms with Crippen molar-refractivity contribution < 1.29 is 18.3 Å². The summed E-state index contributed by atoms with van der Waals surface area (Å²) in [6.45, 7) is 4.95. The molecule has 2 rings (SSSR count). The van der Waals surface area contributed by atoms with Crippen LogP contribution >= 0.6 is 0 Å². The van der Waals surface area contributed by atoms with Crippen molar-refractivity contribution in [2.24, 2.45) is 0 Å². The fraction of sp³-hybridized carbons (Fsp3) is 0.385. The van der Waals surface area contributed by atoms with Crippen LogP contribution < -0.4 is 0 Å². The van der Waals surface area contributed by atoms with Crippen LogP contribution in [0.25, 0.3) is 11.3 Å². The lowest BCUT2D eigenvalue weighted by Crippen LogP contribution is -2.08. The van der Waals surface area contributed by atoms with Gasteiger partial charge in [-0.2, -0.15) is 0 Å². The van der Waals surface area contributed by atoms with Gasteiger partial charge in [0, 0.05) is 13.2 Å². The average Bonchev–Trinajstić information content (AvgIpc) is 2.99. The van der Waals surface area contributed by atoms with E-state index < -0.39 is 6.29 Å². The molecular weight excluding hydrogens is 220 g/mol. The number of hydrogen-bond acceptors (Lipinski definition) is 4. The standard InChI is InChI=1S/C13H16O4/c1-3-14-13(15-4-2)12-10(7-9-17-12)11-6-5-8-16-11/h5-9,13H,3-4H2,1-2H3. The molecule has 0 saturated heterocycles. The first-order valence-electron chi connectivity index (χ1n) is 5.71. The molecule has 2 aromatic heterocycles. The van der Waals surface area contributed by atoms with Gasteiger partial charge in [-0.3, -0.25) is 0 Å². The molecule has 0 unspecified atom stereocenters. The third-order valence-corrected chi connectivity index (χ3v) is 2.33. The molecule has 17 heavy (non-hydrogen) atoms. The quantitative estimate of drug-likeness (QED) is 0.719. The molecule has 0 fully saturated rings. The Balaban J connectivity index is 2.28. The Morgan fingerprint density at radius 3 is 2.41 bits per heavy atom. The van der Waals surface area contributed by atoms with Gasteiger partial charge in [0.1, 0.15) is 5.76 Å². The Hall–Kier alpha value is -1.52. The first-order chi connectivity index (χ1) is 8.36. The van der Waals surface area contributed by atoms with Gasteiger partial charge in [-0.25, -0.2) is 0 Å². The topological polar surface area (TPSA) is 44.7 Å². The zero-order chi connectivity index (χ0) is 12.1. The van der Waals surface area contributed by atoms with Crippen molar-refractivity contribution >= 4 is 0 Å². The molecule has 0 N–H and O–H groups in total. The summed E-state index contributed by atoms with van der Waals surface area (Å²) in [5.74, 6) is 1.39. The number of rotatable bonds is 6. The van der Waals surface area contributed by atoms with E-state index in [0.717, 1.165) is 11.3 Å². The van der Waals surface area contributed by atoms with Gasteiger partial charge >= 0.3 is 0 Å². The van der Waals surface area contributed by atoms with Crippen LogP contribution in [-0.4, -0.2) is 13.2 Å². The molecule has 2 aromatic rings. The van der Waals surface area contributed by atoms with Crippen LogP contribution in [0.15, 0.2) is 39.6 Å². The number of hydrogen-bond donors (Lipinski definition) is 0. The fourth-order valence-corrected chi connectivity index (χ4v) is 1.64. The molecule has 0 amide bonds. The van der Waals surface area contributed by atoms with Gasteiger partial charge in [0.25, 0.3) is 0 Å². The van der Waals surface area contributed by atoms with Gasteiger partial charge in [0.2, 0.25) is 6.29 Å². The van der Waals surface area contributed by atoms with Gasteiger partial charge < -0.3 is 18.3 Å². The Labute approximate surface area is 100 Å². The first-order valence-corrected chi connectivity index (χ1v) is 5.71. The lowest BCUT2D eigenvalue weighted by molar-refractivity contribution is -0.150. The maximum Gasteiger partial charge on any atom is 0.217 e. The van der Waals surface area contributed by atoms with Crippen LogP contribution in [0.5, 0.6) is 0 Å². The molecule has 4 heteroatoms. The highest BCUT2D eigenvalue weighted by Gasteiger charge is 2.21. The summed E-state index contributed by atoms with van der Waals surface area (Å²) in [6.07, 6.45) is 2.75. The van der Waals surface area contributed by atoms with Gasteiger partial charge in [-0.05, 0) is 32.0 Å². The van der Waals surface area contributed by atoms with Gasteiger partial charge in [-0.15, -0.1) is 0 Å². The predicted molar refractivity (Wildman–Crippen MR) is 62.4 cm³/mol. The minimum atomic E-state index is -0.486. The van der Waals surface area contributed by atoms with Crippen LogP contribution in [0.2, 0.25) is 0 Å². The van der Waals surface area contributed by atoms with Crippen molar-refractivity contribution in [3.63, 3.8) is 0 Å². The smallest absolute Gasteiger partial charge is 0.217 e. The Bertz CT molecular complexity index is 424. The third-order valence-electron chi connectivity index (χ3n) is 2.33. The minimum Gasteiger partial charge on any atom is -0.464 e. The lowest BCUT2D eigenvalue weighted by Gasteiger charge is -2.15. The van der Waals surface area contributed by atoms with Crippen LogP contribution in [0.1, 0.15) is 25.9 Å². The molecule has 0 atom stereocenters. The Morgan fingerprint density at radius 2 is 1.82 bits per heavy atom. The summed E-state index contributed by atoms with van der Waals surface area (Å²) < 4.78 is 21.8. The summed E-state index contributed by atoms with van der Waals surface area (Å²) in [6, 6.07) is 5.56. The second kappa shape index (κ2) is 5.70. The summed E-state index contributed by atoms with van der Waals surface area (Å²) in [5.41, 5.74) is 0.863. The number of ether oxygens (including phenoxy) is 2. The maximum atomic E-state index is 5.51. The van der Waals surface area contributed by atoms with Gasteiger partial charge in [-0.1, -0.05) is 0 Å². The third kappa shape index (κ3) is 2.60. The zero-order valence-corrected chi connectivity index (χ0v) is 10.0. The van der Waals surface area contributed by atoms with Crippen molar-refractivity contribution in [3.05, 3.63) is 36.5 Å². The average molecular weight is 236 g/mol. The van der Waals surface area contributed by atoms with E-state index in [1.807, 2.05) is 32.0 Å². The molecule has 0 saturated carbocycles. The normalized spacial score (nSPS) is 11.2. The second-order valence-corrected chi connectivity index (χ2v) is 3.42. The van der Waals surface area contributed by atoms with Crippen LogP contribution in [0.4, 0.5) is 0 Å². The largest absolute Gasteiger partial charge is 0.464 e. The highest BCUT2D eigenvalue weighted by molar-refractivity contribution is 5.59. The van der Waals surface area contributed by atoms with E-state index in [1.54, 1.807) is 12.5 Å². The van der Waals surface area contributed by atoms with Crippen molar-refractivity contribution in [2.75, 3.05) is 13.2 Å². The second-order valence-electron chi connectivity index (χ2n) is 3.42. The molecule has 0 aromatic carbocycles. The van der Waals surface area contributed by atoms with E-state index in [-0.39, 0.29) is 0 Å². The summed E-state index contributed by atoms with van der Waals surface area (Å²) >= 11 is 0. The molecule has 0 aliphatic rings. The predicted octanol–water partition coefficient (Wildman–Crippen LogP) is 3.61. The van der Waals surface area contributed by atoms with Crippen molar-refractivity contribution in [3.8, 4) is 11.3 Å². The van der Waals surface area contributed by atoms with Crippen molar-refractivity contribution in [2.45, 2.75) is 20.1 Å². The van der Waals surface area contributed by atoms with Crippen LogP contribution in [0, 0.1) is 0 Å². The molecule has 92 valence electrons. The van der Waals surface area contributed by atoms with E-state index in [4.69, 9.17) is 18.3 Å². The van der Waals surface area contributed by atoms with E-state index in [2.05, 4.69) is 0 Å². The highest BCUT2D eigenvalue weighted by atomic mass is 16.7. The zero-order valence-electron chi connectivity index (χ0n) is 10.0. The maximum absolute atomic E-state index is 5.51. The van der Waals surface area contributed by atoms with Gasteiger partial charge in [0.05, 0.1) is 18.1 Å². The monoisotopic (exact) mass is 236 g/mol. The minimum absolute atomic E-state index is 0.486. The van der Waals surface area contributed by atoms with E-state index >= 15 is 0 Å². The van der Waals surface area contributed by atoms with E-state index in [0.29, 0.717) is 19.0 Å². The Morgan fingerprint density at radius 1 is 1.06 bits per heavy atom. The highest BCUT2D eigenvalue weighted by Crippen LogP contribution is 2.32. The van der Waals surface area contributed by atoms with Crippen LogP contribution in [0.3, 0.4) is 0 Å². The molecule has 0 bridgehead atoms. The SMILES string of the molecule is CCOC(OCC)c1occc1-c1ccco1. The molecule has 4 nitrogen and oxygen atoms in total. The van der Waals surface area contributed by atoms with Crippen molar-refractivity contribution in [1.29, 1.82) is 0 Å². The molecular formula is C13H16O4. The molecule has 0 spiro atoms.